The van der Waals surface area contributed by atoms with Gasteiger partial charge in [-0.15, -0.1) is 24.8 Å². The fourth-order valence-electron chi connectivity index (χ4n) is 4.66. The van der Waals surface area contributed by atoms with E-state index in [-0.39, 0.29) is 30.7 Å². The van der Waals surface area contributed by atoms with Crippen molar-refractivity contribution in [1.82, 2.24) is 9.88 Å². The van der Waals surface area contributed by atoms with Gasteiger partial charge in [-0.25, -0.2) is 0 Å². The molecule has 2 fully saturated rings. The molecule has 7 heteroatoms. The summed E-state index contributed by atoms with van der Waals surface area (Å²) >= 11 is 0. The lowest BCUT2D eigenvalue weighted by Crippen LogP contribution is -2.43. The third kappa shape index (κ3) is 3.84. The molecule has 1 aromatic heterocycles. The Hall–Kier alpha value is -1.82. The van der Waals surface area contributed by atoms with E-state index in [0.717, 1.165) is 41.1 Å². The summed E-state index contributed by atoms with van der Waals surface area (Å²) in [5.74, 6) is 0.904. The molecule has 2 atom stereocenters. The maximum atomic E-state index is 11.5. The Bertz CT molecular complexity index is 845. The van der Waals surface area contributed by atoms with Crippen molar-refractivity contribution in [3.05, 3.63) is 42.1 Å². The fourth-order valence-corrected chi connectivity index (χ4v) is 4.66. The maximum absolute atomic E-state index is 11.5. The molecule has 0 radical (unpaired) electrons. The lowest BCUT2D eigenvalue weighted by Gasteiger charge is -2.36. The van der Waals surface area contributed by atoms with E-state index < -0.39 is 0 Å². The van der Waals surface area contributed by atoms with E-state index >= 15 is 0 Å². The summed E-state index contributed by atoms with van der Waals surface area (Å²) in [5.41, 5.74) is 3.89. The summed E-state index contributed by atoms with van der Waals surface area (Å²) in [6.45, 7) is 0. The zero-order valence-corrected chi connectivity index (χ0v) is 17.4. The van der Waals surface area contributed by atoms with Crippen LogP contribution in [-0.4, -0.2) is 41.0 Å². The predicted octanol–water partition coefficient (Wildman–Crippen LogP) is 4.09. The van der Waals surface area contributed by atoms with E-state index in [1.54, 1.807) is 0 Å². The van der Waals surface area contributed by atoms with Crippen LogP contribution >= 0.6 is 24.8 Å². The topological polar surface area (TPSA) is 54.5 Å². The highest BCUT2D eigenvalue weighted by Crippen LogP contribution is 2.36. The minimum atomic E-state index is 0. The minimum Gasteiger partial charge on any atom is -0.489 e. The Kier molecular flexibility index (Phi) is 6.18. The van der Waals surface area contributed by atoms with Crippen LogP contribution in [0.15, 0.2) is 36.5 Å². The van der Waals surface area contributed by atoms with E-state index in [4.69, 9.17) is 4.74 Å². The van der Waals surface area contributed by atoms with Crippen molar-refractivity contribution in [2.45, 2.75) is 50.3 Å². The van der Waals surface area contributed by atoms with Gasteiger partial charge in [0.2, 0.25) is 5.91 Å². The molecule has 1 amide bonds. The molecular formula is C21H25Cl2N3O2. The number of pyridine rings is 1. The fraction of sp³-hybridized carbons (Fsp3) is 0.429. The second-order valence-electron chi connectivity index (χ2n) is 7.74. The number of nitrogens with zero attached hydrogens (tertiary/aromatic N) is 2. The Labute approximate surface area is 177 Å². The summed E-state index contributed by atoms with van der Waals surface area (Å²) in [7, 11) is 2.24. The number of rotatable bonds is 3. The first-order chi connectivity index (χ1) is 12.7. The van der Waals surface area contributed by atoms with E-state index in [1.807, 2.05) is 36.5 Å². The average Bonchev–Trinajstić information content (AvgIpc) is 3.09. The highest BCUT2D eigenvalue weighted by molar-refractivity contribution is 5.99. The first kappa shape index (κ1) is 20.9. The Morgan fingerprint density at radius 3 is 2.54 bits per heavy atom. The smallest absolute Gasteiger partial charge is 0.228 e. The molecule has 0 saturated carbocycles. The van der Waals surface area contributed by atoms with Gasteiger partial charge in [-0.1, -0.05) is 6.07 Å². The third-order valence-corrected chi connectivity index (χ3v) is 6.12. The molecule has 2 aromatic rings. The van der Waals surface area contributed by atoms with Crippen LogP contribution in [0, 0.1) is 0 Å². The lowest BCUT2D eigenvalue weighted by molar-refractivity contribution is -0.115. The van der Waals surface area contributed by atoms with Crippen LogP contribution in [-0.2, 0) is 11.2 Å². The number of carbonyl (C=O) groups excluding carboxylic acids is 1. The van der Waals surface area contributed by atoms with Crippen molar-refractivity contribution in [2.75, 3.05) is 12.4 Å². The first-order valence-electron chi connectivity index (χ1n) is 9.43. The molecule has 28 heavy (non-hydrogen) atoms. The van der Waals surface area contributed by atoms with Gasteiger partial charge in [0.1, 0.15) is 11.9 Å². The maximum Gasteiger partial charge on any atom is 0.228 e. The number of amides is 1. The molecule has 2 unspecified atom stereocenters. The van der Waals surface area contributed by atoms with Gasteiger partial charge in [0.05, 0.1) is 18.3 Å². The SMILES string of the molecule is CN1C2CCC1CC(Oc1ccc(-c3ccc4c(c3)CC(=O)N4)nc1)C2.Cl.Cl. The molecule has 3 aliphatic heterocycles. The zero-order valence-electron chi connectivity index (χ0n) is 15.8. The molecule has 4 heterocycles. The Morgan fingerprint density at radius 2 is 1.86 bits per heavy atom. The highest BCUT2D eigenvalue weighted by Gasteiger charge is 2.39. The van der Waals surface area contributed by atoms with Crippen LogP contribution in [0.1, 0.15) is 31.2 Å². The van der Waals surface area contributed by atoms with Gasteiger partial charge in [-0.05, 0) is 62.6 Å². The largest absolute Gasteiger partial charge is 0.489 e. The van der Waals surface area contributed by atoms with E-state index in [2.05, 4.69) is 22.2 Å². The second kappa shape index (κ2) is 8.27. The first-order valence-corrected chi connectivity index (χ1v) is 9.43. The molecule has 0 aliphatic carbocycles. The number of nitrogens with one attached hydrogen (secondary N) is 1. The summed E-state index contributed by atoms with van der Waals surface area (Å²) in [4.78, 5) is 18.6. The Balaban J connectivity index is 0.00000112. The van der Waals surface area contributed by atoms with Crippen LogP contribution in [0.3, 0.4) is 0 Å². The molecule has 2 bridgehead atoms. The third-order valence-electron chi connectivity index (χ3n) is 6.12. The second-order valence-corrected chi connectivity index (χ2v) is 7.74. The van der Waals surface area contributed by atoms with Crippen LogP contribution in [0.2, 0.25) is 0 Å². The number of carbonyl (C=O) groups is 1. The van der Waals surface area contributed by atoms with Gasteiger partial charge in [-0.3, -0.25) is 9.78 Å². The monoisotopic (exact) mass is 421 g/mol. The molecule has 5 rings (SSSR count). The number of aromatic nitrogens is 1. The predicted molar refractivity (Wildman–Crippen MR) is 115 cm³/mol. The average molecular weight is 422 g/mol. The summed E-state index contributed by atoms with van der Waals surface area (Å²) in [6.07, 6.45) is 7.39. The van der Waals surface area contributed by atoms with Crippen molar-refractivity contribution < 1.29 is 9.53 Å². The van der Waals surface area contributed by atoms with Crippen molar-refractivity contribution in [2.24, 2.45) is 0 Å². The van der Waals surface area contributed by atoms with Crippen molar-refractivity contribution in [3.8, 4) is 17.0 Å². The lowest BCUT2D eigenvalue weighted by atomic mass is 10.0. The Morgan fingerprint density at radius 1 is 1.11 bits per heavy atom. The molecule has 1 N–H and O–H groups in total. The van der Waals surface area contributed by atoms with Crippen molar-refractivity contribution in [1.29, 1.82) is 0 Å². The van der Waals surface area contributed by atoms with Crippen LogP contribution < -0.4 is 10.1 Å². The highest BCUT2D eigenvalue weighted by atomic mass is 35.5. The van der Waals surface area contributed by atoms with E-state index in [0.29, 0.717) is 24.6 Å². The van der Waals surface area contributed by atoms with Crippen molar-refractivity contribution in [3.63, 3.8) is 0 Å². The summed E-state index contributed by atoms with van der Waals surface area (Å²) in [6, 6.07) is 11.4. The normalized spacial score (nSPS) is 25.3. The molecule has 3 aliphatic rings. The molecule has 2 saturated heterocycles. The van der Waals surface area contributed by atoms with Gasteiger partial charge in [0.15, 0.2) is 0 Å². The minimum absolute atomic E-state index is 0. The molecule has 1 aromatic carbocycles. The number of fused-ring (bicyclic) bond motifs is 3. The summed E-state index contributed by atoms with van der Waals surface area (Å²) < 4.78 is 6.22. The van der Waals surface area contributed by atoms with Crippen LogP contribution in [0.25, 0.3) is 11.3 Å². The molecule has 0 spiro atoms. The zero-order chi connectivity index (χ0) is 17.7. The van der Waals surface area contributed by atoms with Gasteiger partial charge in [0.25, 0.3) is 0 Å². The number of benzene rings is 1. The standard InChI is InChI=1S/C21H23N3O2.2ClH/c1-24-15-3-4-16(24)11-18(10-15)26-17-5-7-19(22-12-17)13-2-6-20-14(8-13)9-21(25)23-20;;/h2,5-8,12,15-16,18H,3-4,9-11H2,1H3,(H,23,25);2*1H. The summed E-state index contributed by atoms with van der Waals surface area (Å²) in [5, 5.41) is 2.86. The number of hydrogen-bond donors (Lipinski definition) is 1. The number of hydrogen-bond acceptors (Lipinski definition) is 4. The molecule has 150 valence electrons. The van der Waals surface area contributed by atoms with E-state index in [1.165, 1.54) is 12.8 Å². The van der Waals surface area contributed by atoms with Gasteiger partial charge < -0.3 is 15.0 Å². The van der Waals surface area contributed by atoms with E-state index in [9.17, 15) is 4.79 Å². The molecule has 5 nitrogen and oxygen atoms in total. The molecular weight excluding hydrogens is 397 g/mol. The van der Waals surface area contributed by atoms with Crippen molar-refractivity contribution >= 4 is 36.4 Å². The quantitative estimate of drug-likeness (QED) is 0.810. The van der Waals surface area contributed by atoms with Gasteiger partial charge in [-0.2, -0.15) is 0 Å². The number of anilines is 1. The van der Waals surface area contributed by atoms with Gasteiger partial charge in [0, 0.05) is 23.3 Å². The number of halogens is 2. The van der Waals surface area contributed by atoms with Crippen LogP contribution in [0.5, 0.6) is 5.75 Å². The van der Waals surface area contributed by atoms with Gasteiger partial charge >= 0.3 is 0 Å². The number of piperidine rings is 1. The van der Waals surface area contributed by atoms with Crippen LogP contribution in [0.4, 0.5) is 5.69 Å². The number of ether oxygens (including phenoxy) is 1.